The first-order chi connectivity index (χ1) is 22.8. The Bertz CT molecular complexity index is 2050. The van der Waals surface area contributed by atoms with E-state index in [0.717, 1.165) is 67.0 Å². The van der Waals surface area contributed by atoms with Gasteiger partial charge in [-0.1, -0.05) is 59.2 Å². The molecule has 8 heteroatoms. The summed E-state index contributed by atoms with van der Waals surface area (Å²) >= 11 is 0. The van der Waals surface area contributed by atoms with Crippen LogP contribution in [0.3, 0.4) is 0 Å². The van der Waals surface area contributed by atoms with Gasteiger partial charge in [-0.3, -0.25) is 4.68 Å². The molecular formula is C40H44F4N4+2. The van der Waals surface area contributed by atoms with Crippen LogP contribution in [0.2, 0.25) is 0 Å². The topological polar surface area (TPSA) is 25.6 Å². The highest BCUT2D eigenvalue weighted by Gasteiger charge is 2.51. The van der Waals surface area contributed by atoms with Crippen molar-refractivity contribution in [1.29, 1.82) is 0 Å². The fourth-order valence-electron chi connectivity index (χ4n) is 8.73. The Morgan fingerprint density at radius 2 is 1.75 bits per heavy atom. The highest BCUT2D eigenvalue weighted by Crippen LogP contribution is 2.54. The number of nitrogens with zero attached hydrogens (tertiary/aromatic N) is 4. The Morgan fingerprint density at radius 1 is 0.979 bits per heavy atom. The lowest BCUT2D eigenvalue weighted by Gasteiger charge is -2.36. The maximum absolute atomic E-state index is 16.4. The number of hydrogen-bond donors (Lipinski definition) is 0. The third kappa shape index (κ3) is 4.88. The van der Waals surface area contributed by atoms with Gasteiger partial charge in [0.25, 0.3) is 0 Å². The Morgan fingerprint density at radius 3 is 2.44 bits per heavy atom. The summed E-state index contributed by atoms with van der Waals surface area (Å²) in [5.41, 5.74) is 5.66. The number of rotatable bonds is 8. The number of unbranched alkanes of at least 4 members (excludes halogenated alkanes) is 1. The molecule has 4 nitrogen and oxygen atoms in total. The summed E-state index contributed by atoms with van der Waals surface area (Å²) in [4.78, 5) is 0. The summed E-state index contributed by atoms with van der Waals surface area (Å²) in [6, 6.07) is 17.2. The van der Waals surface area contributed by atoms with Gasteiger partial charge in [-0.05, 0) is 47.1 Å². The molecule has 2 aliphatic rings. The van der Waals surface area contributed by atoms with E-state index in [1.807, 2.05) is 35.0 Å². The van der Waals surface area contributed by atoms with E-state index in [9.17, 15) is 13.2 Å². The van der Waals surface area contributed by atoms with Crippen LogP contribution in [0.4, 0.5) is 17.6 Å². The fraction of sp³-hybridized carbons (Fsp3) is 0.425. The summed E-state index contributed by atoms with van der Waals surface area (Å²) < 4.78 is 63.3. The lowest BCUT2D eigenvalue weighted by molar-refractivity contribution is -0.758. The molecule has 5 aromatic rings. The molecule has 0 radical (unpaired) electrons. The van der Waals surface area contributed by atoms with Crippen molar-refractivity contribution in [2.75, 3.05) is 0 Å². The van der Waals surface area contributed by atoms with Gasteiger partial charge in [-0.2, -0.15) is 27.4 Å². The van der Waals surface area contributed by atoms with E-state index in [0.29, 0.717) is 17.9 Å². The molecule has 0 amide bonds. The molecule has 0 N–H and O–H groups in total. The minimum absolute atomic E-state index is 0.0446. The van der Waals surface area contributed by atoms with E-state index in [1.165, 1.54) is 26.6 Å². The number of pyridine rings is 2. The molecule has 0 saturated carbocycles. The van der Waals surface area contributed by atoms with E-state index >= 15 is 4.39 Å². The average Bonchev–Trinajstić information content (AvgIpc) is 3.41. The predicted molar refractivity (Wildman–Crippen MR) is 180 cm³/mol. The van der Waals surface area contributed by atoms with E-state index in [-0.39, 0.29) is 17.3 Å². The Balaban J connectivity index is 1.48. The number of aromatic nitrogens is 4. The van der Waals surface area contributed by atoms with E-state index in [1.54, 1.807) is 13.1 Å². The van der Waals surface area contributed by atoms with Crippen LogP contribution in [-0.4, -0.2) is 9.78 Å². The van der Waals surface area contributed by atoms with Gasteiger partial charge in [-0.25, -0.2) is 4.39 Å². The number of aryl methyl sites for hydroxylation is 2. The van der Waals surface area contributed by atoms with Crippen molar-refractivity contribution in [3.8, 4) is 22.6 Å². The molecule has 4 heterocycles. The zero-order chi connectivity index (χ0) is 34.2. The van der Waals surface area contributed by atoms with Gasteiger partial charge < -0.3 is 0 Å². The van der Waals surface area contributed by atoms with E-state index in [2.05, 4.69) is 68.7 Å². The molecule has 1 aliphatic carbocycles. The van der Waals surface area contributed by atoms with Gasteiger partial charge in [0, 0.05) is 61.6 Å². The van der Waals surface area contributed by atoms with Crippen LogP contribution in [0.1, 0.15) is 101 Å². The SMILES string of the molecule is CCCCc1cc2c3c4[n+](ccc3c1)C(CC)(CC)CC(C[n+]1ccccc1-c1cc(C(F)(F)F)nn1C)c1ccc(F)c(c1-4)C2(C)C. The van der Waals surface area contributed by atoms with Crippen molar-refractivity contribution in [3.05, 3.63) is 101 Å². The maximum atomic E-state index is 16.4. The molecule has 1 unspecified atom stereocenters. The summed E-state index contributed by atoms with van der Waals surface area (Å²) in [5.74, 6) is -0.245. The van der Waals surface area contributed by atoms with Gasteiger partial charge in [0.15, 0.2) is 30.2 Å². The first-order valence-corrected chi connectivity index (χ1v) is 17.3. The minimum Gasteiger partial charge on any atom is -0.261 e. The first-order valence-electron chi connectivity index (χ1n) is 17.3. The molecule has 0 spiro atoms. The Kier molecular flexibility index (Phi) is 7.80. The smallest absolute Gasteiger partial charge is 0.261 e. The first kappa shape index (κ1) is 32.5. The highest BCUT2D eigenvalue weighted by molar-refractivity contribution is 6.01. The van der Waals surface area contributed by atoms with Crippen molar-refractivity contribution in [1.82, 2.24) is 9.78 Å². The second-order valence-corrected chi connectivity index (χ2v) is 14.4. The Labute approximate surface area is 280 Å². The van der Waals surface area contributed by atoms with Crippen molar-refractivity contribution in [3.63, 3.8) is 0 Å². The van der Waals surface area contributed by atoms with Crippen molar-refractivity contribution in [2.24, 2.45) is 7.05 Å². The molecule has 1 aliphatic heterocycles. The molecule has 250 valence electrons. The zero-order valence-electron chi connectivity index (χ0n) is 28.7. The standard InChI is InChI=1S/C40H44F4N4/c1-7-10-13-25-20-26-17-19-48-37-34(26)29(21-25)38(4,5)36-30(41)16-15-28(35(36)37)27(23-39(48,8-2)9-3)24-47-18-12-11-14-31(47)32-22-33(40(42,43)44)45-46(32)6/h11-12,14-22,27H,7-10,13,23-24H2,1-6H3/q+2. The van der Waals surface area contributed by atoms with Crippen molar-refractivity contribution in [2.45, 2.75) is 103 Å². The summed E-state index contributed by atoms with van der Waals surface area (Å²) in [5, 5.41) is 6.20. The fourth-order valence-corrected chi connectivity index (χ4v) is 8.73. The lowest BCUT2D eigenvalue weighted by atomic mass is 9.67. The van der Waals surface area contributed by atoms with Crippen LogP contribution in [0, 0.1) is 5.82 Å². The molecule has 0 fully saturated rings. The average molecular weight is 657 g/mol. The van der Waals surface area contributed by atoms with E-state index in [4.69, 9.17) is 0 Å². The highest BCUT2D eigenvalue weighted by atomic mass is 19.4. The summed E-state index contributed by atoms with van der Waals surface area (Å²) in [6.07, 6.45) is 5.38. The molecule has 1 atom stereocenters. The molecule has 48 heavy (non-hydrogen) atoms. The molecular weight excluding hydrogens is 612 g/mol. The molecule has 3 aromatic heterocycles. The predicted octanol–water partition coefficient (Wildman–Crippen LogP) is 9.32. The van der Waals surface area contributed by atoms with Crippen LogP contribution >= 0.6 is 0 Å². The maximum Gasteiger partial charge on any atom is 0.435 e. The number of halogens is 4. The summed E-state index contributed by atoms with van der Waals surface area (Å²) in [6.45, 7) is 11.5. The third-order valence-corrected chi connectivity index (χ3v) is 11.3. The van der Waals surface area contributed by atoms with Gasteiger partial charge in [-0.15, -0.1) is 0 Å². The minimum atomic E-state index is -4.54. The van der Waals surface area contributed by atoms with Crippen LogP contribution in [-0.2, 0) is 37.1 Å². The van der Waals surface area contributed by atoms with Gasteiger partial charge in [0.1, 0.15) is 11.5 Å². The van der Waals surface area contributed by atoms with Crippen LogP contribution in [0.25, 0.3) is 33.4 Å². The van der Waals surface area contributed by atoms with Gasteiger partial charge in [0.2, 0.25) is 11.4 Å². The second kappa shape index (κ2) is 11.5. The van der Waals surface area contributed by atoms with Crippen molar-refractivity contribution < 1.29 is 26.7 Å². The number of alkyl halides is 3. The molecule has 2 aromatic carbocycles. The summed E-state index contributed by atoms with van der Waals surface area (Å²) in [7, 11) is 1.55. The molecule has 7 rings (SSSR count). The largest absolute Gasteiger partial charge is 0.435 e. The Hall–Kier alpha value is -4.07. The van der Waals surface area contributed by atoms with Gasteiger partial charge in [0.05, 0.1) is 16.9 Å². The van der Waals surface area contributed by atoms with Crippen LogP contribution < -0.4 is 9.13 Å². The third-order valence-electron chi connectivity index (χ3n) is 11.3. The molecule has 0 bridgehead atoms. The number of benzene rings is 2. The quantitative estimate of drug-likeness (QED) is 0.121. The normalized spacial score (nSPS) is 17.5. The van der Waals surface area contributed by atoms with Crippen LogP contribution in [0.15, 0.2) is 67.0 Å². The zero-order valence-corrected chi connectivity index (χ0v) is 28.7. The molecule has 0 saturated heterocycles. The monoisotopic (exact) mass is 656 g/mol. The van der Waals surface area contributed by atoms with Gasteiger partial charge >= 0.3 is 6.18 Å². The van der Waals surface area contributed by atoms with E-state index < -0.39 is 17.3 Å². The number of hydrogen-bond acceptors (Lipinski definition) is 1. The van der Waals surface area contributed by atoms with Crippen LogP contribution in [0.5, 0.6) is 0 Å². The van der Waals surface area contributed by atoms with Crippen molar-refractivity contribution >= 4 is 10.8 Å². The lowest BCUT2D eigenvalue weighted by Crippen LogP contribution is -2.57. The second-order valence-electron chi connectivity index (χ2n) is 14.4.